The fraction of sp³-hybridized carbons (Fsp3) is 0.786. The second kappa shape index (κ2) is 9.19. The number of aliphatic hydroxyl groups excluding tert-OH is 1. The minimum atomic E-state index is -1.25. The van der Waals surface area contributed by atoms with Gasteiger partial charge in [0.05, 0.1) is 37.8 Å². The van der Waals surface area contributed by atoms with Crippen LogP contribution in [-0.2, 0) is 19.1 Å². The zero-order chi connectivity index (χ0) is 26.0. The number of fused-ring (bicyclic) bond motifs is 2. The molecule has 9 atom stereocenters. The maximum absolute atomic E-state index is 13.5. The van der Waals surface area contributed by atoms with Crippen molar-refractivity contribution in [3.63, 3.8) is 0 Å². The highest BCUT2D eigenvalue weighted by atomic mass is 35.5. The molecule has 0 aromatic rings. The van der Waals surface area contributed by atoms with Crippen molar-refractivity contribution in [1.82, 2.24) is 4.90 Å². The van der Waals surface area contributed by atoms with E-state index in [0.717, 1.165) is 31.1 Å². The molecular formula is C28H40ClNO6. The number of morpholine rings is 1. The first kappa shape index (κ1) is 26.4. The summed E-state index contributed by atoms with van der Waals surface area (Å²) >= 11 is 6.07. The first-order valence-corrected chi connectivity index (χ1v) is 13.8. The lowest BCUT2D eigenvalue weighted by Gasteiger charge is -2.58. The Hall–Kier alpha value is -1.25. The van der Waals surface area contributed by atoms with Crippen molar-refractivity contribution < 1.29 is 29.3 Å². The van der Waals surface area contributed by atoms with Crippen molar-refractivity contribution in [3.05, 3.63) is 23.3 Å². The topological polar surface area (TPSA) is 96.3 Å². The van der Waals surface area contributed by atoms with Crippen LogP contribution in [0.15, 0.2) is 23.3 Å². The van der Waals surface area contributed by atoms with E-state index in [1.807, 2.05) is 18.7 Å². The van der Waals surface area contributed by atoms with Crippen LogP contribution in [0.1, 0.15) is 46.5 Å². The fourth-order valence-corrected chi connectivity index (χ4v) is 9.43. The summed E-state index contributed by atoms with van der Waals surface area (Å²) in [6.07, 6.45) is 5.95. The van der Waals surface area contributed by atoms with Crippen molar-refractivity contribution in [2.45, 2.75) is 58.8 Å². The molecule has 7 nitrogen and oxygen atoms in total. The number of allylic oxidation sites excluding steroid dienone is 1. The van der Waals surface area contributed by atoms with Crippen molar-refractivity contribution in [2.75, 3.05) is 32.9 Å². The molecule has 1 saturated heterocycles. The molecule has 4 aliphatic carbocycles. The summed E-state index contributed by atoms with van der Waals surface area (Å²) < 4.78 is 12.4. The normalized spacial score (nSPS) is 45.6. The number of carboxylic acids is 1. The van der Waals surface area contributed by atoms with Crippen molar-refractivity contribution in [3.8, 4) is 0 Å². The number of halogens is 1. The van der Waals surface area contributed by atoms with Gasteiger partial charge in [0.25, 0.3) is 0 Å². The Bertz CT molecular complexity index is 968. The molecule has 3 saturated carbocycles. The monoisotopic (exact) mass is 521 g/mol. The molecule has 3 unspecified atom stereocenters. The van der Waals surface area contributed by atoms with Gasteiger partial charge in [0.15, 0.2) is 6.29 Å². The largest absolute Gasteiger partial charge is 0.481 e. The lowest BCUT2D eigenvalue weighted by molar-refractivity contribution is -0.230. The summed E-state index contributed by atoms with van der Waals surface area (Å²) in [7, 11) is 0. The van der Waals surface area contributed by atoms with Gasteiger partial charge in [-0.05, 0) is 48.9 Å². The van der Waals surface area contributed by atoms with Gasteiger partial charge >= 0.3 is 5.97 Å². The van der Waals surface area contributed by atoms with Gasteiger partial charge in [0, 0.05) is 17.0 Å². The Morgan fingerprint density at radius 3 is 2.75 bits per heavy atom. The molecule has 0 aromatic heterocycles. The second-order valence-corrected chi connectivity index (χ2v) is 12.9. The summed E-state index contributed by atoms with van der Waals surface area (Å²) in [6, 6.07) is -0.196. The van der Waals surface area contributed by atoms with Crippen LogP contribution in [0.2, 0.25) is 0 Å². The van der Waals surface area contributed by atoms with Gasteiger partial charge in [-0.25, -0.2) is 0 Å². The van der Waals surface area contributed by atoms with Crippen LogP contribution >= 0.6 is 11.6 Å². The standard InChI is InChI=1S/C28H40ClNO6/c1-16(2)23-7-19-8-26(14-32)22-6-5-17(3)21(22)9-27(19,28(23,26)25(33)34)15-36-24-11-30(10-18(4)29)20(12-31)13-35-24/h7,14,16-17,19-22,24,31H,4-6,8-13,15H2,1-3H3,(H,33,34)/t17-,19?,20-,21-,22-,24+,26?,27?,28+/m1/s1. The molecule has 0 aromatic carbocycles. The summed E-state index contributed by atoms with van der Waals surface area (Å²) in [5.41, 5.74) is -1.92. The minimum absolute atomic E-state index is 0.0125. The maximum Gasteiger partial charge on any atom is 0.315 e. The van der Waals surface area contributed by atoms with E-state index in [0.29, 0.717) is 43.0 Å². The number of aliphatic carboxylic acids is 1. The third kappa shape index (κ3) is 3.32. The third-order valence-electron chi connectivity index (χ3n) is 10.6. The van der Waals surface area contributed by atoms with Crippen molar-refractivity contribution >= 4 is 23.9 Å². The van der Waals surface area contributed by atoms with Gasteiger partial charge in [0.2, 0.25) is 0 Å². The summed E-state index contributed by atoms with van der Waals surface area (Å²) in [6.45, 7) is 11.4. The predicted octanol–water partition coefficient (Wildman–Crippen LogP) is 3.70. The highest BCUT2D eigenvalue weighted by Crippen LogP contribution is 2.82. The van der Waals surface area contributed by atoms with E-state index in [4.69, 9.17) is 21.1 Å². The van der Waals surface area contributed by atoms with Gasteiger partial charge in [-0.2, -0.15) is 0 Å². The Morgan fingerprint density at radius 2 is 2.14 bits per heavy atom. The second-order valence-electron chi connectivity index (χ2n) is 12.3. The van der Waals surface area contributed by atoms with Crippen LogP contribution in [0.5, 0.6) is 0 Å². The molecule has 1 heterocycles. The maximum atomic E-state index is 13.5. The van der Waals surface area contributed by atoms with Crippen LogP contribution in [0.3, 0.4) is 0 Å². The molecule has 200 valence electrons. The van der Waals surface area contributed by atoms with Gasteiger partial charge in [-0.3, -0.25) is 9.69 Å². The number of aldehydes is 1. The van der Waals surface area contributed by atoms with Crippen LogP contribution in [0.25, 0.3) is 0 Å². The molecule has 5 rings (SSSR count). The van der Waals surface area contributed by atoms with E-state index in [-0.39, 0.29) is 37.0 Å². The number of nitrogens with zero attached hydrogens (tertiary/aromatic N) is 1. The summed E-state index contributed by atoms with van der Waals surface area (Å²) in [5.74, 6) is 0.0207. The van der Waals surface area contributed by atoms with Crippen molar-refractivity contribution in [1.29, 1.82) is 0 Å². The molecule has 0 radical (unpaired) electrons. The van der Waals surface area contributed by atoms with Crippen LogP contribution in [0, 0.1) is 45.8 Å². The van der Waals surface area contributed by atoms with Gasteiger partial charge in [0.1, 0.15) is 11.7 Å². The van der Waals surface area contributed by atoms with Crippen molar-refractivity contribution in [2.24, 2.45) is 45.8 Å². The Morgan fingerprint density at radius 1 is 1.39 bits per heavy atom. The quantitative estimate of drug-likeness (QED) is 0.353. The zero-order valence-corrected chi connectivity index (χ0v) is 22.4. The van der Waals surface area contributed by atoms with E-state index in [1.54, 1.807) is 0 Å². The average molecular weight is 522 g/mol. The number of carbonyl (C=O) groups is 2. The van der Waals surface area contributed by atoms with Crippen LogP contribution in [0.4, 0.5) is 0 Å². The number of carboxylic acid groups (broad SMARTS) is 1. The SMILES string of the molecule is C=C(Cl)CN1C[C@H](OCC23C[C@@H]4[C@H](C)CC[C@H]4C4(C=O)CC2C=C(C(C)C)[C@@]34C(=O)O)OC[C@H]1CO. The van der Waals surface area contributed by atoms with E-state index in [9.17, 15) is 19.8 Å². The first-order valence-electron chi connectivity index (χ1n) is 13.4. The Labute approximate surface area is 218 Å². The summed E-state index contributed by atoms with van der Waals surface area (Å²) in [5, 5.41) is 21.3. The molecule has 2 N–H and O–H groups in total. The molecule has 0 amide bonds. The van der Waals surface area contributed by atoms with Gasteiger partial charge < -0.3 is 24.5 Å². The van der Waals surface area contributed by atoms with Gasteiger partial charge in [-0.1, -0.05) is 57.0 Å². The zero-order valence-electron chi connectivity index (χ0n) is 21.6. The van der Waals surface area contributed by atoms with E-state index < -0.39 is 28.5 Å². The van der Waals surface area contributed by atoms with Crippen LogP contribution in [-0.4, -0.2) is 72.6 Å². The lowest BCUT2D eigenvalue weighted by Crippen LogP contribution is -2.64. The molecule has 5 aliphatic rings. The molecule has 0 spiro atoms. The number of rotatable bonds is 9. The van der Waals surface area contributed by atoms with Gasteiger partial charge in [-0.15, -0.1) is 0 Å². The van der Waals surface area contributed by atoms with E-state index >= 15 is 0 Å². The number of carbonyl (C=O) groups excluding carboxylic acids is 1. The fourth-order valence-electron chi connectivity index (χ4n) is 9.28. The predicted molar refractivity (Wildman–Crippen MR) is 135 cm³/mol. The number of hydrogen-bond acceptors (Lipinski definition) is 6. The summed E-state index contributed by atoms with van der Waals surface area (Å²) in [4.78, 5) is 28.6. The first-order chi connectivity index (χ1) is 17.1. The molecular weight excluding hydrogens is 482 g/mol. The Balaban J connectivity index is 1.51. The number of hydrogen-bond donors (Lipinski definition) is 2. The number of ether oxygens (including phenoxy) is 2. The van der Waals surface area contributed by atoms with E-state index in [1.165, 1.54) is 0 Å². The molecule has 4 bridgehead atoms. The van der Waals surface area contributed by atoms with E-state index in [2.05, 4.69) is 19.6 Å². The molecule has 8 heteroatoms. The molecule has 36 heavy (non-hydrogen) atoms. The third-order valence-corrected chi connectivity index (χ3v) is 10.7. The average Bonchev–Trinajstić information content (AvgIpc) is 3.40. The molecule has 1 aliphatic heterocycles. The molecule has 4 fully saturated rings. The highest BCUT2D eigenvalue weighted by Gasteiger charge is 2.84. The minimum Gasteiger partial charge on any atom is -0.481 e. The number of aliphatic hydroxyl groups is 1. The highest BCUT2D eigenvalue weighted by molar-refractivity contribution is 6.29. The van der Waals surface area contributed by atoms with Crippen LogP contribution < -0.4 is 0 Å². The smallest absolute Gasteiger partial charge is 0.315 e. The Kier molecular flexibility index (Phi) is 6.73. The lowest BCUT2D eigenvalue weighted by atomic mass is 9.43.